The van der Waals surface area contributed by atoms with Gasteiger partial charge in [-0.15, -0.1) is 0 Å². The summed E-state index contributed by atoms with van der Waals surface area (Å²) in [5, 5.41) is 0. The maximum Gasteiger partial charge on any atom is 0.306 e. The molecule has 2 rings (SSSR count). The number of esters is 2. The number of imidazole rings is 2. The van der Waals surface area contributed by atoms with Crippen LogP contribution in [0.1, 0.15) is 128 Å². The third-order valence-corrected chi connectivity index (χ3v) is 9.84. The zero-order valence-corrected chi connectivity index (χ0v) is 33.3. The van der Waals surface area contributed by atoms with E-state index in [2.05, 4.69) is 19.1 Å². The summed E-state index contributed by atoms with van der Waals surface area (Å²) in [7, 11) is 1.14. The van der Waals surface area contributed by atoms with Gasteiger partial charge in [0.05, 0.1) is 40.4 Å². The minimum absolute atomic E-state index is 0.0387. The Balaban J connectivity index is 1.58. The minimum Gasteiger partial charge on any atom is -0.756 e. The summed E-state index contributed by atoms with van der Waals surface area (Å²) in [6, 6.07) is 0. The van der Waals surface area contributed by atoms with Crippen LogP contribution in [-0.4, -0.2) is 89.1 Å². The first-order valence-corrected chi connectivity index (χ1v) is 21.2. The molecule has 14 heteroatoms. The number of aromatic nitrogens is 4. The molecule has 0 aliphatic carbocycles. The van der Waals surface area contributed by atoms with Crippen LogP contribution in [0, 0.1) is 0 Å². The van der Waals surface area contributed by atoms with Crippen molar-refractivity contribution < 1.29 is 42.1 Å². The highest BCUT2D eigenvalue weighted by atomic mass is 31.2. The van der Waals surface area contributed by atoms with Crippen LogP contribution in [0.3, 0.4) is 0 Å². The van der Waals surface area contributed by atoms with Gasteiger partial charge in [-0.05, 0) is 25.7 Å². The Kier molecular flexibility index (Phi) is 24.5. The van der Waals surface area contributed by atoms with E-state index < -0.39 is 32.5 Å². The normalized spacial score (nSPS) is 13.5. The number of phosphoric acid groups is 1. The van der Waals surface area contributed by atoms with Crippen LogP contribution in [0.5, 0.6) is 0 Å². The van der Waals surface area contributed by atoms with E-state index >= 15 is 0 Å². The van der Waals surface area contributed by atoms with Crippen LogP contribution in [0.25, 0.3) is 0 Å². The van der Waals surface area contributed by atoms with Gasteiger partial charge in [0, 0.05) is 50.7 Å². The number of aryl methyl sites for hydroxylation is 2. The summed E-state index contributed by atoms with van der Waals surface area (Å²) >= 11 is 0. The van der Waals surface area contributed by atoms with Gasteiger partial charge in [-0.3, -0.25) is 14.2 Å². The topological polar surface area (TPSA) is 147 Å². The zero-order chi connectivity index (χ0) is 37.8. The molecule has 0 aliphatic heterocycles. The molecular formula is C38H68N5O8P. The van der Waals surface area contributed by atoms with Gasteiger partial charge in [-0.1, -0.05) is 89.9 Å². The van der Waals surface area contributed by atoms with Crippen molar-refractivity contribution in [2.24, 2.45) is 0 Å². The van der Waals surface area contributed by atoms with Crippen LogP contribution in [0.2, 0.25) is 0 Å². The predicted molar refractivity (Wildman–Crippen MR) is 200 cm³/mol. The Hall–Kier alpha value is -2.57. The largest absolute Gasteiger partial charge is 0.756 e. The van der Waals surface area contributed by atoms with E-state index in [0.29, 0.717) is 23.9 Å². The molecule has 0 saturated heterocycles. The number of unbranched alkanes of at least 4 members (excludes halogenated alkanes) is 16. The molecule has 0 fully saturated rings. The van der Waals surface area contributed by atoms with Crippen molar-refractivity contribution in [2.45, 2.75) is 148 Å². The van der Waals surface area contributed by atoms with Crippen LogP contribution in [-0.2, 0) is 45.8 Å². The molecule has 298 valence electrons. The molecule has 0 amide bonds. The molecule has 0 aromatic carbocycles. The monoisotopic (exact) mass is 753 g/mol. The lowest BCUT2D eigenvalue weighted by atomic mass is 10.1. The average Bonchev–Trinajstić information content (AvgIpc) is 3.82. The van der Waals surface area contributed by atoms with E-state index in [-0.39, 0.29) is 26.1 Å². The molecule has 52 heavy (non-hydrogen) atoms. The van der Waals surface area contributed by atoms with Gasteiger partial charge in [0.2, 0.25) is 0 Å². The van der Waals surface area contributed by atoms with Gasteiger partial charge in [-0.2, -0.15) is 0 Å². The molecular weight excluding hydrogens is 685 g/mol. The molecule has 2 aromatic rings. The van der Waals surface area contributed by atoms with Crippen LogP contribution >= 0.6 is 7.82 Å². The number of quaternary nitrogens is 1. The van der Waals surface area contributed by atoms with Crippen molar-refractivity contribution >= 4 is 19.8 Å². The first-order chi connectivity index (χ1) is 25.0. The minimum atomic E-state index is -4.63. The standard InChI is InChI=1S/C38H68N5O8P/c1-43(2,3)30-31-49-52(46,47)50-33-36(51-38(45)23-19-15-11-7-5-9-13-17-21-27-42-29-25-40-35-42)32-48-37(44)22-18-14-10-6-4-8-12-16-20-26-41-28-24-39-34-41/h24-25,28-29,34-36H,4-23,26-27,30-33H2,1-3H3. The van der Waals surface area contributed by atoms with Crippen molar-refractivity contribution in [1.29, 1.82) is 0 Å². The maximum absolute atomic E-state index is 12.6. The number of hydrogen-bond donors (Lipinski definition) is 0. The van der Waals surface area contributed by atoms with Gasteiger partial charge in [-0.25, -0.2) is 9.97 Å². The first-order valence-electron chi connectivity index (χ1n) is 19.7. The molecule has 2 atom stereocenters. The fourth-order valence-electron chi connectivity index (χ4n) is 5.70. The summed E-state index contributed by atoms with van der Waals surface area (Å²) in [5.74, 6) is -0.867. The summed E-state index contributed by atoms with van der Waals surface area (Å²) in [4.78, 5) is 45.6. The molecule has 0 radical (unpaired) electrons. The highest BCUT2D eigenvalue weighted by Gasteiger charge is 2.21. The number of likely N-dealkylation sites (N-methyl/N-ethyl adjacent to an activating group) is 1. The van der Waals surface area contributed by atoms with Crippen molar-refractivity contribution in [3.05, 3.63) is 37.4 Å². The smallest absolute Gasteiger partial charge is 0.306 e. The number of carbonyl (C=O) groups is 2. The highest BCUT2D eigenvalue weighted by molar-refractivity contribution is 7.45. The molecule has 0 saturated carbocycles. The summed E-state index contributed by atoms with van der Waals surface area (Å²) in [6.07, 6.45) is 30.4. The number of carbonyl (C=O) groups excluding carboxylic acids is 2. The van der Waals surface area contributed by atoms with Gasteiger partial charge in [0.25, 0.3) is 7.82 Å². The van der Waals surface area contributed by atoms with E-state index in [1.807, 2.05) is 58.6 Å². The summed E-state index contributed by atoms with van der Waals surface area (Å²) in [6.45, 7) is 1.72. The number of ether oxygens (including phenoxy) is 2. The molecule has 2 aromatic heterocycles. The van der Waals surface area contributed by atoms with Crippen molar-refractivity contribution in [3.63, 3.8) is 0 Å². The van der Waals surface area contributed by atoms with Gasteiger partial charge in [0.15, 0.2) is 6.10 Å². The van der Waals surface area contributed by atoms with E-state index in [9.17, 15) is 19.0 Å². The third-order valence-electron chi connectivity index (χ3n) is 8.87. The van der Waals surface area contributed by atoms with E-state index in [1.165, 1.54) is 57.8 Å². The maximum atomic E-state index is 12.6. The third kappa shape index (κ3) is 26.2. The van der Waals surface area contributed by atoms with Crippen LogP contribution in [0.15, 0.2) is 37.4 Å². The van der Waals surface area contributed by atoms with E-state index in [1.54, 1.807) is 0 Å². The predicted octanol–water partition coefficient (Wildman–Crippen LogP) is 7.24. The quantitative estimate of drug-likeness (QED) is 0.0310. The number of nitrogens with zero attached hydrogens (tertiary/aromatic N) is 5. The lowest BCUT2D eigenvalue weighted by molar-refractivity contribution is -0.870. The summed E-state index contributed by atoms with van der Waals surface area (Å²) < 4.78 is 38.0. The second-order valence-electron chi connectivity index (χ2n) is 14.8. The Bertz CT molecular complexity index is 1210. The Morgan fingerprint density at radius 1 is 0.654 bits per heavy atom. The van der Waals surface area contributed by atoms with Gasteiger partial charge < -0.3 is 37.0 Å². The Morgan fingerprint density at radius 2 is 1.10 bits per heavy atom. The first kappa shape index (κ1) is 45.6. The second-order valence-corrected chi connectivity index (χ2v) is 16.3. The molecule has 2 unspecified atom stereocenters. The SMILES string of the molecule is C[N+](C)(C)CCOP(=O)([O-])OCC(COC(=O)CCCCCCCCCCCn1ccnc1)OC(=O)CCCCCCCCCCCn1ccnc1. The highest BCUT2D eigenvalue weighted by Crippen LogP contribution is 2.38. The Morgan fingerprint density at radius 3 is 1.54 bits per heavy atom. The fraction of sp³-hybridized carbons (Fsp3) is 0.789. The number of rotatable bonds is 34. The number of hydrogen-bond acceptors (Lipinski definition) is 10. The van der Waals surface area contributed by atoms with E-state index in [4.69, 9.17) is 18.5 Å². The molecule has 0 bridgehead atoms. The average molecular weight is 754 g/mol. The van der Waals surface area contributed by atoms with Crippen molar-refractivity contribution in [1.82, 2.24) is 19.1 Å². The van der Waals surface area contributed by atoms with Gasteiger partial charge >= 0.3 is 11.9 Å². The molecule has 0 spiro atoms. The molecule has 0 aliphatic rings. The van der Waals surface area contributed by atoms with Gasteiger partial charge in [0.1, 0.15) is 19.8 Å². The zero-order valence-electron chi connectivity index (χ0n) is 32.4. The van der Waals surface area contributed by atoms with Crippen LogP contribution < -0.4 is 4.89 Å². The fourth-order valence-corrected chi connectivity index (χ4v) is 6.43. The van der Waals surface area contributed by atoms with E-state index in [0.717, 1.165) is 58.0 Å². The Labute approximate surface area is 313 Å². The molecule has 13 nitrogen and oxygen atoms in total. The molecule has 0 N–H and O–H groups in total. The molecule has 2 heterocycles. The lowest BCUT2D eigenvalue weighted by Crippen LogP contribution is -2.37. The summed E-state index contributed by atoms with van der Waals surface area (Å²) in [5.41, 5.74) is 0. The second kappa shape index (κ2) is 28.0. The van der Waals surface area contributed by atoms with Crippen LogP contribution in [0.4, 0.5) is 0 Å². The van der Waals surface area contributed by atoms with Crippen molar-refractivity contribution in [3.8, 4) is 0 Å². The lowest BCUT2D eigenvalue weighted by Gasteiger charge is -2.28. The number of phosphoric ester groups is 1. The van der Waals surface area contributed by atoms with Crippen molar-refractivity contribution in [2.75, 3.05) is 47.5 Å².